The Bertz CT molecular complexity index is 1150. The molecule has 0 radical (unpaired) electrons. The number of amides is 1. The molecule has 2 aromatic carbocycles. The molecular weight excluding hydrogens is 396 g/mol. The minimum Gasteiger partial charge on any atom is -0.503 e. The van der Waals surface area contributed by atoms with Crippen LogP contribution < -0.4 is 4.90 Å². The minimum atomic E-state index is -1.13. The largest absolute Gasteiger partial charge is 0.503 e. The van der Waals surface area contributed by atoms with Crippen LogP contribution in [0.1, 0.15) is 26.8 Å². The molecular formula is C22H15F2NO3S. The van der Waals surface area contributed by atoms with E-state index in [2.05, 4.69) is 0 Å². The maximum atomic E-state index is 13.9. The molecule has 0 saturated carbocycles. The van der Waals surface area contributed by atoms with Crippen molar-refractivity contribution in [1.82, 2.24) is 0 Å². The van der Waals surface area contributed by atoms with E-state index in [0.29, 0.717) is 10.4 Å². The summed E-state index contributed by atoms with van der Waals surface area (Å²) in [6.45, 7) is 1.81. The number of aryl methyl sites for hydroxylation is 1. The van der Waals surface area contributed by atoms with Gasteiger partial charge in [-0.15, -0.1) is 11.3 Å². The smallest absolute Gasteiger partial charge is 0.294 e. The Morgan fingerprint density at radius 3 is 2.48 bits per heavy atom. The van der Waals surface area contributed by atoms with Gasteiger partial charge in [0.15, 0.2) is 17.4 Å². The van der Waals surface area contributed by atoms with Crippen LogP contribution >= 0.6 is 11.3 Å². The zero-order valence-electron chi connectivity index (χ0n) is 15.2. The van der Waals surface area contributed by atoms with Crippen LogP contribution in [0.25, 0.3) is 0 Å². The molecule has 146 valence electrons. The van der Waals surface area contributed by atoms with E-state index in [-0.39, 0.29) is 11.3 Å². The number of thiophene rings is 1. The number of aliphatic hydroxyl groups excluding tert-OH is 1. The molecule has 29 heavy (non-hydrogen) atoms. The number of halogens is 2. The van der Waals surface area contributed by atoms with Crippen molar-refractivity contribution in [2.45, 2.75) is 13.0 Å². The van der Waals surface area contributed by atoms with E-state index in [4.69, 9.17) is 0 Å². The summed E-state index contributed by atoms with van der Waals surface area (Å²) in [5.74, 6) is -4.20. The van der Waals surface area contributed by atoms with Crippen molar-refractivity contribution in [3.05, 3.63) is 98.9 Å². The predicted octanol–water partition coefficient (Wildman–Crippen LogP) is 5.12. The van der Waals surface area contributed by atoms with E-state index >= 15 is 0 Å². The molecule has 1 aliphatic rings. The summed E-state index contributed by atoms with van der Waals surface area (Å²) in [5, 5.41) is 12.3. The van der Waals surface area contributed by atoms with Crippen molar-refractivity contribution >= 4 is 28.7 Å². The third-order valence-corrected chi connectivity index (χ3v) is 5.73. The second kappa shape index (κ2) is 7.25. The average Bonchev–Trinajstić information content (AvgIpc) is 3.32. The molecule has 0 spiro atoms. The van der Waals surface area contributed by atoms with E-state index < -0.39 is 35.1 Å². The fourth-order valence-electron chi connectivity index (χ4n) is 3.47. The molecule has 0 bridgehead atoms. The van der Waals surface area contributed by atoms with Gasteiger partial charge in [0, 0.05) is 11.8 Å². The van der Waals surface area contributed by atoms with Crippen LogP contribution in [0.4, 0.5) is 14.5 Å². The van der Waals surface area contributed by atoms with Crippen molar-refractivity contribution in [2.75, 3.05) is 4.90 Å². The van der Waals surface area contributed by atoms with Gasteiger partial charge in [-0.1, -0.05) is 30.3 Å². The lowest BCUT2D eigenvalue weighted by molar-refractivity contribution is -0.117. The summed E-state index contributed by atoms with van der Waals surface area (Å²) in [6.07, 6.45) is 0. The fraction of sp³-hybridized carbons (Fsp3) is 0.0909. The van der Waals surface area contributed by atoms with Crippen LogP contribution in [0.5, 0.6) is 0 Å². The van der Waals surface area contributed by atoms with E-state index in [1.807, 2.05) is 19.1 Å². The van der Waals surface area contributed by atoms with Gasteiger partial charge in [-0.2, -0.15) is 0 Å². The van der Waals surface area contributed by atoms with Gasteiger partial charge in [-0.25, -0.2) is 8.78 Å². The molecule has 1 aromatic heterocycles. The van der Waals surface area contributed by atoms with Gasteiger partial charge in [0.05, 0.1) is 16.5 Å². The summed E-state index contributed by atoms with van der Waals surface area (Å²) < 4.78 is 27.3. The Kier molecular flexibility index (Phi) is 4.76. The number of carbonyl (C=O) groups excluding carboxylic acids is 2. The number of hydrogen-bond donors (Lipinski definition) is 1. The number of carbonyl (C=O) groups is 2. The quantitative estimate of drug-likeness (QED) is 0.607. The Labute approximate surface area is 169 Å². The summed E-state index contributed by atoms with van der Waals surface area (Å²) in [4.78, 5) is 27.6. The number of anilines is 1. The first-order valence-electron chi connectivity index (χ1n) is 8.75. The highest BCUT2D eigenvalue weighted by Crippen LogP contribution is 2.43. The van der Waals surface area contributed by atoms with Gasteiger partial charge in [0.25, 0.3) is 5.91 Å². The molecule has 3 aromatic rings. The third-order valence-electron chi connectivity index (χ3n) is 4.86. The molecule has 1 amide bonds. The summed E-state index contributed by atoms with van der Waals surface area (Å²) in [6, 6.07) is 12.5. The van der Waals surface area contributed by atoms with E-state index in [9.17, 15) is 23.5 Å². The SMILES string of the molecule is Cc1ccccc1C1C(C(=O)c2cccs2)=C(O)C(=O)N1c1ccc(F)c(F)c1. The molecule has 0 fully saturated rings. The van der Waals surface area contributed by atoms with Crippen LogP contribution in [-0.2, 0) is 4.79 Å². The summed E-state index contributed by atoms with van der Waals surface area (Å²) in [5.41, 5.74) is 1.35. The number of Topliss-reactive ketones (excluding diaryl/α,β-unsaturated/α-hetero) is 1. The highest BCUT2D eigenvalue weighted by atomic mass is 32.1. The molecule has 4 rings (SSSR count). The summed E-state index contributed by atoms with van der Waals surface area (Å²) in [7, 11) is 0. The molecule has 1 aliphatic heterocycles. The van der Waals surface area contributed by atoms with Crippen LogP contribution in [0.3, 0.4) is 0 Å². The highest BCUT2D eigenvalue weighted by Gasteiger charge is 2.45. The van der Waals surface area contributed by atoms with Gasteiger partial charge >= 0.3 is 0 Å². The third kappa shape index (κ3) is 3.13. The fourth-order valence-corrected chi connectivity index (χ4v) is 4.14. The lowest BCUT2D eigenvalue weighted by Crippen LogP contribution is -2.31. The Balaban J connectivity index is 1.92. The van der Waals surface area contributed by atoms with Crippen LogP contribution in [0, 0.1) is 18.6 Å². The Morgan fingerprint density at radius 2 is 1.83 bits per heavy atom. The molecule has 4 nitrogen and oxygen atoms in total. The normalized spacial score (nSPS) is 16.6. The second-order valence-corrected chi connectivity index (χ2v) is 7.55. The van der Waals surface area contributed by atoms with Crippen LogP contribution in [0.15, 0.2) is 71.3 Å². The Morgan fingerprint density at radius 1 is 1.07 bits per heavy atom. The van der Waals surface area contributed by atoms with Crippen molar-refractivity contribution in [3.63, 3.8) is 0 Å². The second-order valence-electron chi connectivity index (χ2n) is 6.60. The first-order chi connectivity index (χ1) is 13.9. The number of rotatable bonds is 4. The number of hydrogen-bond acceptors (Lipinski definition) is 4. The zero-order valence-corrected chi connectivity index (χ0v) is 16.0. The van der Waals surface area contributed by atoms with Crippen molar-refractivity contribution in [2.24, 2.45) is 0 Å². The lowest BCUT2D eigenvalue weighted by atomic mass is 9.92. The molecule has 0 saturated heterocycles. The molecule has 7 heteroatoms. The molecule has 0 aliphatic carbocycles. The van der Waals surface area contributed by atoms with Gasteiger partial charge in [0.1, 0.15) is 0 Å². The number of aliphatic hydroxyl groups is 1. The van der Waals surface area contributed by atoms with Crippen molar-refractivity contribution in [1.29, 1.82) is 0 Å². The molecule has 1 atom stereocenters. The van der Waals surface area contributed by atoms with Gasteiger partial charge in [-0.3, -0.25) is 14.5 Å². The Hall–Kier alpha value is -3.32. The molecule has 1 N–H and O–H groups in total. The monoisotopic (exact) mass is 411 g/mol. The van der Waals surface area contributed by atoms with Crippen LogP contribution in [0.2, 0.25) is 0 Å². The van der Waals surface area contributed by atoms with Crippen molar-refractivity contribution in [3.8, 4) is 0 Å². The van der Waals surface area contributed by atoms with Gasteiger partial charge in [-0.05, 0) is 41.6 Å². The summed E-state index contributed by atoms with van der Waals surface area (Å²) >= 11 is 1.19. The van der Waals surface area contributed by atoms with Gasteiger partial charge < -0.3 is 5.11 Å². The zero-order chi connectivity index (χ0) is 20.7. The number of nitrogens with zero attached hydrogens (tertiary/aromatic N) is 1. The lowest BCUT2D eigenvalue weighted by Gasteiger charge is -2.28. The average molecular weight is 411 g/mol. The topological polar surface area (TPSA) is 57.6 Å². The highest BCUT2D eigenvalue weighted by molar-refractivity contribution is 7.12. The number of ketones is 1. The molecule has 2 heterocycles. The van der Waals surface area contributed by atoms with E-state index in [0.717, 1.165) is 22.6 Å². The van der Waals surface area contributed by atoms with Crippen molar-refractivity contribution < 1.29 is 23.5 Å². The predicted molar refractivity (Wildman–Crippen MR) is 106 cm³/mol. The minimum absolute atomic E-state index is 0.0442. The maximum absolute atomic E-state index is 13.9. The standard InChI is InChI=1S/C22H15F2NO3S/c1-12-5-2-3-6-14(12)19-18(20(26)17-7-4-10-29-17)21(27)22(28)25(19)13-8-9-15(23)16(24)11-13/h2-11,19,27H,1H3. The first kappa shape index (κ1) is 19.0. The first-order valence-corrected chi connectivity index (χ1v) is 9.63. The molecule has 1 unspecified atom stereocenters. The number of benzene rings is 2. The van der Waals surface area contributed by atoms with Crippen LogP contribution in [-0.4, -0.2) is 16.8 Å². The van der Waals surface area contributed by atoms with E-state index in [1.165, 1.54) is 17.4 Å². The van der Waals surface area contributed by atoms with E-state index in [1.54, 1.807) is 29.6 Å². The maximum Gasteiger partial charge on any atom is 0.294 e. The van der Waals surface area contributed by atoms with Gasteiger partial charge in [0.2, 0.25) is 5.78 Å².